The maximum atomic E-state index is 12.6. The van der Waals surface area contributed by atoms with E-state index in [0.29, 0.717) is 17.8 Å². The Hall–Kier alpha value is -3.05. The molecule has 1 spiro atoms. The second-order valence-corrected chi connectivity index (χ2v) is 8.47. The van der Waals surface area contributed by atoms with Crippen LogP contribution in [0.4, 0.5) is 5.69 Å². The largest absolute Gasteiger partial charge is 0.489 e. The molecule has 5 heteroatoms. The van der Waals surface area contributed by atoms with Gasteiger partial charge in [0.1, 0.15) is 12.4 Å². The molecule has 3 heterocycles. The minimum Gasteiger partial charge on any atom is -0.489 e. The van der Waals surface area contributed by atoms with Crippen LogP contribution in [-0.4, -0.2) is 30.7 Å². The highest BCUT2D eigenvalue weighted by atomic mass is 16.5. The summed E-state index contributed by atoms with van der Waals surface area (Å²) in [5, 5.41) is 3.45. The number of pyridine rings is 1. The normalized spacial score (nSPS) is 17.5. The van der Waals surface area contributed by atoms with Crippen LogP contribution in [0.3, 0.4) is 0 Å². The van der Waals surface area contributed by atoms with E-state index in [-0.39, 0.29) is 5.56 Å². The maximum Gasteiger partial charge on any atom is 0.258 e. The van der Waals surface area contributed by atoms with Gasteiger partial charge < -0.3 is 15.0 Å². The van der Waals surface area contributed by atoms with Crippen LogP contribution < -0.4 is 20.5 Å². The molecule has 2 aliphatic heterocycles. The minimum absolute atomic E-state index is 0.0917. The molecule has 154 valence electrons. The molecule has 1 N–H and O–H groups in total. The Kier molecular flexibility index (Phi) is 5.05. The van der Waals surface area contributed by atoms with Crippen LogP contribution >= 0.6 is 0 Å². The lowest BCUT2D eigenvalue weighted by atomic mass is 9.72. The summed E-state index contributed by atoms with van der Waals surface area (Å²) < 4.78 is 7.42. The number of hydrogen-bond donors (Lipinski definition) is 1. The first-order chi connectivity index (χ1) is 14.7. The number of nitrogens with one attached hydrogen (secondary N) is 1. The van der Waals surface area contributed by atoms with E-state index in [4.69, 9.17) is 4.74 Å². The van der Waals surface area contributed by atoms with Crippen molar-refractivity contribution in [2.75, 3.05) is 31.1 Å². The molecule has 5 nitrogen and oxygen atoms in total. The van der Waals surface area contributed by atoms with E-state index in [0.717, 1.165) is 37.4 Å². The van der Waals surface area contributed by atoms with Gasteiger partial charge in [-0.25, -0.2) is 0 Å². The lowest BCUT2D eigenvalue weighted by Gasteiger charge is -2.53. The van der Waals surface area contributed by atoms with Crippen molar-refractivity contribution in [3.63, 3.8) is 0 Å². The molecule has 0 radical (unpaired) electrons. The molecule has 0 aliphatic carbocycles. The first kappa shape index (κ1) is 18.9. The van der Waals surface area contributed by atoms with E-state index in [9.17, 15) is 4.79 Å². The number of piperidine rings is 1. The molecule has 2 aliphatic rings. The summed E-state index contributed by atoms with van der Waals surface area (Å²) in [6.45, 7) is 5.01. The summed E-state index contributed by atoms with van der Waals surface area (Å²) >= 11 is 0. The number of nitrogens with zero attached hydrogens (tertiary/aromatic N) is 2. The first-order valence-electron chi connectivity index (χ1n) is 10.7. The lowest BCUT2D eigenvalue weighted by molar-refractivity contribution is 0.150. The predicted molar refractivity (Wildman–Crippen MR) is 120 cm³/mol. The molecule has 0 saturated carbocycles. The Bertz CT molecular complexity index is 1050. The summed E-state index contributed by atoms with van der Waals surface area (Å²) in [5.41, 5.74) is 3.60. The third kappa shape index (κ3) is 3.85. The van der Waals surface area contributed by atoms with E-state index >= 15 is 0 Å². The summed E-state index contributed by atoms with van der Waals surface area (Å²) in [5.74, 6) is 0.588. The van der Waals surface area contributed by atoms with Crippen molar-refractivity contribution in [2.24, 2.45) is 5.41 Å². The van der Waals surface area contributed by atoms with Gasteiger partial charge in [-0.1, -0.05) is 30.3 Å². The van der Waals surface area contributed by atoms with Crippen molar-refractivity contribution in [1.29, 1.82) is 0 Å². The molecule has 2 aromatic carbocycles. The number of anilines is 1. The average molecular weight is 402 g/mol. The summed E-state index contributed by atoms with van der Waals surface area (Å²) in [6.07, 6.45) is 4.33. The zero-order chi connectivity index (χ0) is 20.4. The molecule has 1 aromatic heterocycles. The molecule has 30 heavy (non-hydrogen) atoms. The minimum atomic E-state index is -0.0917. The lowest BCUT2D eigenvalue weighted by Crippen LogP contribution is -2.60. The van der Waals surface area contributed by atoms with Crippen LogP contribution in [0.1, 0.15) is 18.4 Å². The molecular weight excluding hydrogens is 374 g/mol. The molecule has 2 saturated heterocycles. The van der Waals surface area contributed by atoms with Crippen LogP contribution in [0, 0.1) is 5.41 Å². The molecule has 0 unspecified atom stereocenters. The number of benzene rings is 2. The van der Waals surface area contributed by atoms with Crippen molar-refractivity contribution in [3.05, 3.63) is 88.8 Å². The van der Waals surface area contributed by atoms with Crippen LogP contribution in [-0.2, 0) is 6.61 Å². The fourth-order valence-corrected chi connectivity index (χ4v) is 4.55. The van der Waals surface area contributed by atoms with E-state index < -0.39 is 0 Å². The quantitative estimate of drug-likeness (QED) is 0.710. The van der Waals surface area contributed by atoms with Crippen LogP contribution in [0.25, 0.3) is 5.69 Å². The Morgan fingerprint density at radius 1 is 0.900 bits per heavy atom. The Morgan fingerprint density at radius 2 is 1.60 bits per heavy atom. The molecule has 0 amide bonds. The number of ether oxygens (including phenoxy) is 1. The van der Waals surface area contributed by atoms with Crippen molar-refractivity contribution in [1.82, 2.24) is 9.88 Å². The Balaban J connectivity index is 1.24. The van der Waals surface area contributed by atoms with Gasteiger partial charge in [0.25, 0.3) is 5.56 Å². The number of hydrogen-bond acceptors (Lipinski definition) is 4. The first-order valence-corrected chi connectivity index (χ1v) is 10.7. The zero-order valence-electron chi connectivity index (χ0n) is 17.1. The highest BCUT2D eigenvalue weighted by Gasteiger charge is 2.43. The van der Waals surface area contributed by atoms with Crippen molar-refractivity contribution < 1.29 is 4.74 Å². The fraction of sp³-hybridized carbons (Fsp3) is 0.320. The van der Waals surface area contributed by atoms with Gasteiger partial charge in [-0.2, -0.15) is 0 Å². The maximum absolute atomic E-state index is 12.6. The van der Waals surface area contributed by atoms with Gasteiger partial charge in [0.15, 0.2) is 0 Å². The number of aromatic nitrogens is 1. The molecule has 5 rings (SSSR count). The van der Waals surface area contributed by atoms with E-state index in [2.05, 4.69) is 22.3 Å². The smallest absolute Gasteiger partial charge is 0.258 e. The van der Waals surface area contributed by atoms with Gasteiger partial charge in [0.05, 0.1) is 0 Å². The summed E-state index contributed by atoms with van der Waals surface area (Å²) in [6, 6.07) is 21.6. The summed E-state index contributed by atoms with van der Waals surface area (Å²) in [7, 11) is 0. The van der Waals surface area contributed by atoms with Crippen molar-refractivity contribution in [2.45, 2.75) is 19.4 Å². The second kappa shape index (κ2) is 8.00. The molecule has 0 bridgehead atoms. The highest BCUT2D eigenvalue weighted by Crippen LogP contribution is 2.41. The van der Waals surface area contributed by atoms with Crippen LogP contribution in [0.15, 0.2) is 77.7 Å². The number of rotatable bonds is 5. The molecule has 0 atom stereocenters. The van der Waals surface area contributed by atoms with E-state index in [1.807, 2.05) is 48.5 Å². The fourth-order valence-electron chi connectivity index (χ4n) is 4.55. The van der Waals surface area contributed by atoms with Gasteiger partial charge in [-0.05, 0) is 61.8 Å². The zero-order valence-corrected chi connectivity index (χ0v) is 17.1. The monoisotopic (exact) mass is 401 g/mol. The summed E-state index contributed by atoms with van der Waals surface area (Å²) in [4.78, 5) is 15.0. The second-order valence-electron chi connectivity index (χ2n) is 8.47. The Labute approximate surface area is 176 Å². The van der Waals surface area contributed by atoms with Gasteiger partial charge in [-0.3, -0.25) is 9.36 Å². The average Bonchev–Trinajstić information content (AvgIpc) is 2.78. The molecular formula is C25H27N3O2. The molecule has 3 aromatic rings. The topological polar surface area (TPSA) is 46.5 Å². The van der Waals surface area contributed by atoms with Crippen LogP contribution in [0.2, 0.25) is 0 Å². The third-order valence-corrected chi connectivity index (χ3v) is 6.35. The third-order valence-electron chi connectivity index (χ3n) is 6.35. The van der Waals surface area contributed by atoms with Crippen molar-refractivity contribution in [3.8, 4) is 11.4 Å². The van der Waals surface area contributed by atoms with Gasteiger partial charge in [-0.15, -0.1) is 0 Å². The van der Waals surface area contributed by atoms with E-state index in [1.54, 1.807) is 16.8 Å². The van der Waals surface area contributed by atoms with E-state index in [1.165, 1.54) is 18.5 Å². The highest BCUT2D eigenvalue weighted by molar-refractivity contribution is 5.53. The SMILES string of the molecule is O=c1cc(OCc2ccccc2)ccn1-c1ccc(N2CC3(CCNCC3)C2)cc1. The van der Waals surface area contributed by atoms with Gasteiger partial charge >= 0.3 is 0 Å². The molecule has 2 fully saturated rings. The predicted octanol–water partition coefficient (Wildman–Crippen LogP) is 3.61. The Morgan fingerprint density at radius 3 is 2.30 bits per heavy atom. The van der Waals surface area contributed by atoms with Crippen molar-refractivity contribution >= 4 is 5.69 Å². The standard InChI is InChI=1S/C25H27N3O2/c29-24-16-23(30-17-20-4-2-1-3-5-20)10-15-28(24)22-8-6-21(7-9-22)27-18-25(19-27)11-13-26-14-12-25/h1-10,15-16,26H,11-14,17-19H2. The van der Waals surface area contributed by atoms with Crippen LogP contribution in [0.5, 0.6) is 5.75 Å². The van der Waals surface area contributed by atoms with Gasteiger partial charge in [0.2, 0.25) is 0 Å². The van der Waals surface area contributed by atoms with Gasteiger partial charge in [0, 0.05) is 42.1 Å².